The van der Waals surface area contributed by atoms with Crippen molar-refractivity contribution in [2.45, 2.75) is 0 Å². The van der Waals surface area contributed by atoms with Crippen molar-refractivity contribution in [1.82, 2.24) is 0 Å². The third-order valence-corrected chi connectivity index (χ3v) is 4.48. The van der Waals surface area contributed by atoms with Gasteiger partial charge in [0.05, 0.1) is 0 Å². The number of rotatable bonds is 4. The Balaban J connectivity index is 0. The maximum atomic E-state index is 10.6. The van der Waals surface area contributed by atoms with Gasteiger partial charge in [0.2, 0.25) is 0 Å². The molecule has 0 saturated carbocycles. The molecule has 5 nitrogen and oxygen atoms in total. The van der Waals surface area contributed by atoms with Crippen LogP contribution in [-0.4, -0.2) is 27.4 Å². The van der Waals surface area contributed by atoms with E-state index >= 15 is 0 Å². The van der Waals surface area contributed by atoms with Crippen LogP contribution in [0.4, 0.5) is 0 Å². The number of hydrogen-bond acceptors (Lipinski definition) is 4. The molecule has 0 amide bonds. The molecule has 0 radical (unpaired) electrons. The van der Waals surface area contributed by atoms with Gasteiger partial charge in [0, 0.05) is 10.8 Å². The zero-order valence-corrected chi connectivity index (χ0v) is 7.86. The molecule has 0 aromatic carbocycles. The normalized spacial score (nSPS) is 11.3. The van der Waals surface area contributed by atoms with Gasteiger partial charge >= 0.3 is 0 Å². The van der Waals surface area contributed by atoms with Crippen molar-refractivity contribution in [3.8, 4) is 0 Å². The van der Waals surface area contributed by atoms with E-state index in [2.05, 4.69) is 13.2 Å². The Morgan fingerprint density at radius 2 is 1.17 bits per heavy atom. The molecule has 7 heteroatoms. The van der Waals surface area contributed by atoms with Gasteiger partial charge in [0.25, 0.3) is 0 Å². The summed E-state index contributed by atoms with van der Waals surface area (Å²) in [5, 5.41) is 0.259. The topological polar surface area (TPSA) is 99.8 Å². The van der Waals surface area contributed by atoms with E-state index in [0.717, 1.165) is 0 Å². The maximum absolute atomic E-state index is 10.6. The van der Waals surface area contributed by atoms with E-state index < -0.39 is 24.8 Å². The van der Waals surface area contributed by atoms with E-state index in [4.69, 9.17) is 0 Å². The number of hydrogen-bond donors (Lipinski definition) is 0. The van der Waals surface area contributed by atoms with Gasteiger partial charge < -0.3 is 5.48 Å². The first kappa shape index (κ1) is 13.9. The average Bonchev–Trinajstić information content (AvgIpc) is 1.86. The van der Waals surface area contributed by atoms with E-state index in [-0.39, 0.29) is 5.48 Å². The van der Waals surface area contributed by atoms with Crippen LogP contribution in [0.25, 0.3) is 0 Å². The first-order chi connectivity index (χ1) is 4.83. The monoisotopic (exact) mass is 214 g/mol. The SMILES string of the molecule is C=CS(=O)(=O)CS(=O)(=O)C=C.O. The molecule has 0 atom stereocenters. The summed E-state index contributed by atoms with van der Waals surface area (Å²) < 4.78 is 42.5. The summed E-state index contributed by atoms with van der Waals surface area (Å²) in [5.74, 6) is 0. The first-order valence-electron chi connectivity index (χ1n) is 2.53. The summed E-state index contributed by atoms with van der Waals surface area (Å²) in [4.78, 5) is 0. The molecular weight excluding hydrogens is 204 g/mol. The third-order valence-electron chi connectivity index (χ3n) is 0.836. The van der Waals surface area contributed by atoms with Crippen LogP contribution in [-0.2, 0) is 19.7 Å². The van der Waals surface area contributed by atoms with Gasteiger partial charge in [-0.15, -0.1) is 0 Å². The van der Waals surface area contributed by atoms with Crippen molar-refractivity contribution in [3.05, 3.63) is 24.0 Å². The minimum Gasteiger partial charge on any atom is -0.412 e. The Labute approximate surface area is 71.6 Å². The van der Waals surface area contributed by atoms with Crippen molar-refractivity contribution in [3.63, 3.8) is 0 Å². The van der Waals surface area contributed by atoms with Crippen LogP contribution in [0.1, 0.15) is 0 Å². The molecule has 72 valence electrons. The largest absolute Gasteiger partial charge is 0.412 e. The van der Waals surface area contributed by atoms with Gasteiger partial charge in [-0.1, -0.05) is 13.2 Å². The average molecular weight is 214 g/mol. The second-order valence-electron chi connectivity index (χ2n) is 1.78. The lowest BCUT2D eigenvalue weighted by Gasteiger charge is -1.94. The standard InChI is InChI=1S/C5H8O4S2.H2O/c1-3-10(6,7)5-11(8,9)4-2;/h3-4H,1-2,5H2;1H2. The van der Waals surface area contributed by atoms with E-state index in [9.17, 15) is 16.8 Å². The van der Waals surface area contributed by atoms with Gasteiger partial charge in [-0.3, -0.25) is 0 Å². The molecule has 0 aliphatic carbocycles. The van der Waals surface area contributed by atoms with Crippen molar-refractivity contribution >= 4 is 19.7 Å². The molecule has 0 aromatic heterocycles. The van der Waals surface area contributed by atoms with Gasteiger partial charge in [0.15, 0.2) is 24.8 Å². The van der Waals surface area contributed by atoms with Crippen molar-refractivity contribution < 1.29 is 22.3 Å². The van der Waals surface area contributed by atoms with E-state index in [1.54, 1.807) is 0 Å². The second-order valence-corrected chi connectivity index (χ2v) is 6.04. The molecule has 0 aliphatic heterocycles. The Morgan fingerprint density at radius 3 is 1.33 bits per heavy atom. The van der Waals surface area contributed by atoms with Crippen LogP contribution in [0.5, 0.6) is 0 Å². The molecule has 0 fully saturated rings. The third kappa shape index (κ3) is 5.05. The predicted octanol–water partition coefficient (Wildman–Crippen LogP) is -0.764. The maximum Gasteiger partial charge on any atom is 0.185 e. The van der Waals surface area contributed by atoms with Crippen molar-refractivity contribution in [2.75, 3.05) is 5.08 Å². The fourth-order valence-electron chi connectivity index (χ4n) is 0.325. The summed E-state index contributed by atoms with van der Waals surface area (Å²) in [6.45, 7) is 5.93. The Morgan fingerprint density at radius 1 is 0.917 bits per heavy atom. The number of sulfone groups is 2. The minimum atomic E-state index is -3.68. The Bertz CT molecular complexity index is 311. The highest BCUT2D eigenvalue weighted by molar-refractivity contribution is 8.10. The van der Waals surface area contributed by atoms with E-state index in [1.807, 2.05) is 0 Å². The first-order valence-corrected chi connectivity index (χ1v) is 5.96. The summed E-state index contributed by atoms with van der Waals surface area (Å²) in [5.41, 5.74) is 0. The fourth-order valence-corrected chi connectivity index (χ4v) is 2.93. The lowest BCUT2D eigenvalue weighted by molar-refractivity contribution is 0.598. The van der Waals surface area contributed by atoms with Crippen LogP contribution in [0.3, 0.4) is 0 Å². The summed E-state index contributed by atoms with van der Waals surface area (Å²) in [6.07, 6.45) is 0. The minimum absolute atomic E-state index is 0. The highest BCUT2D eigenvalue weighted by Gasteiger charge is 2.15. The fraction of sp³-hybridized carbons (Fsp3) is 0.200. The van der Waals surface area contributed by atoms with Crippen LogP contribution in [0.15, 0.2) is 24.0 Å². The Hall–Kier alpha value is -0.660. The highest BCUT2D eigenvalue weighted by Crippen LogP contribution is 1.99. The molecule has 0 saturated heterocycles. The van der Waals surface area contributed by atoms with E-state index in [0.29, 0.717) is 10.8 Å². The van der Waals surface area contributed by atoms with Crippen LogP contribution < -0.4 is 0 Å². The zero-order chi connectivity index (χ0) is 9.12. The van der Waals surface area contributed by atoms with Gasteiger partial charge in [-0.2, -0.15) is 0 Å². The smallest absolute Gasteiger partial charge is 0.185 e. The van der Waals surface area contributed by atoms with Crippen LogP contribution in [0.2, 0.25) is 0 Å². The molecule has 2 N–H and O–H groups in total. The predicted molar refractivity (Wildman–Crippen MR) is 46.7 cm³/mol. The van der Waals surface area contributed by atoms with Gasteiger partial charge in [0.1, 0.15) is 0 Å². The molecule has 0 bridgehead atoms. The second kappa shape index (κ2) is 4.39. The van der Waals surface area contributed by atoms with Crippen molar-refractivity contribution in [2.24, 2.45) is 0 Å². The molecular formula is C5H10O5S2. The molecule has 0 aromatic rings. The molecule has 12 heavy (non-hydrogen) atoms. The Kier molecular flexibility index (Phi) is 5.08. The molecule has 0 spiro atoms. The lowest BCUT2D eigenvalue weighted by Crippen LogP contribution is -2.11. The molecule has 0 unspecified atom stereocenters. The van der Waals surface area contributed by atoms with Gasteiger partial charge in [-0.05, 0) is 0 Å². The quantitative estimate of drug-likeness (QED) is 0.613. The molecule has 0 rings (SSSR count). The zero-order valence-electron chi connectivity index (χ0n) is 6.23. The highest BCUT2D eigenvalue weighted by atomic mass is 32.3. The summed E-state index contributed by atoms with van der Waals surface area (Å²) in [6, 6.07) is 0. The van der Waals surface area contributed by atoms with Gasteiger partial charge in [-0.25, -0.2) is 16.8 Å². The molecule has 0 aliphatic rings. The van der Waals surface area contributed by atoms with E-state index in [1.165, 1.54) is 0 Å². The van der Waals surface area contributed by atoms with Crippen molar-refractivity contribution in [1.29, 1.82) is 0 Å². The molecule has 0 heterocycles. The summed E-state index contributed by atoms with van der Waals surface area (Å²) >= 11 is 0. The van der Waals surface area contributed by atoms with Crippen LogP contribution in [0, 0.1) is 0 Å². The van der Waals surface area contributed by atoms with Crippen LogP contribution >= 0.6 is 0 Å². The lowest BCUT2D eigenvalue weighted by atomic mass is 11.3. The summed E-state index contributed by atoms with van der Waals surface area (Å²) in [7, 11) is -7.37.